The van der Waals surface area contributed by atoms with Gasteiger partial charge in [-0.3, -0.25) is 4.79 Å². The van der Waals surface area contributed by atoms with Gasteiger partial charge >= 0.3 is 6.18 Å². The first-order valence-corrected chi connectivity index (χ1v) is 5.01. The molecule has 0 unspecified atom stereocenters. The fourth-order valence-electron chi connectivity index (χ4n) is 1.43. The van der Waals surface area contributed by atoms with Gasteiger partial charge in [-0.05, 0) is 24.3 Å². The normalized spacial score (nSPS) is 11.4. The van der Waals surface area contributed by atoms with Crippen molar-refractivity contribution >= 4 is 11.6 Å². The van der Waals surface area contributed by atoms with Crippen molar-refractivity contribution in [2.24, 2.45) is 5.73 Å². The van der Waals surface area contributed by atoms with Gasteiger partial charge in [-0.2, -0.15) is 13.2 Å². The number of anilines is 1. The van der Waals surface area contributed by atoms with E-state index in [1.54, 1.807) is 0 Å². The van der Waals surface area contributed by atoms with Gasteiger partial charge in [0.05, 0.1) is 5.56 Å². The molecule has 1 aromatic rings. The predicted octanol–water partition coefficient (Wildman–Crippen LogP) is 2.02. The molecule has 0 aromatic heterocycles. The number of halogens is 3. The largest absolute Gasteiger partial charge is 0.416 e. The van der Waals surface area contributed by atoms with Gasteiger partial charge in [0, 0.05) is 25.7 Å². The van der Waals surface area contributed by atoms with E-state index in [4.69, 9.17) is 5.73 Å². The van der Waals surface area contributed by atoms with Gasteiger partial charge in [-0.25, -0.2) is 0 Å². The number of amides is 1. The Labute approximate surface area is 97.0 Å². The number of alkyl halides is 3. The van der Waals surface area contributed by atoms with E-state index in [1.807, 2.05) is 0 Å². The molecule has 0 spiro atoms. The summed E-state index contributed by atoms with van der Waals surface area (Å²) in [7, 11) is 0. The van der Waals surface area contributed by atoms with Crippen LogP contribution < -0.4 is 10.6 Å². The molecule has 0 bridgehead atoms. The molecular weight excluding hydrogens is 233 g/mol. The van der Waals surface area contributed by atoms with Crippen LogP contribution in [-0.2, 0) is 11.0 Å². The van der Waals surface area contributed by atoms with Crippen molar-refractivity contribution in [2.45, 2.75) is 13.1 Å². The smallest absolute Gasteiger partial charge is 0.329 e. The molecule has 0 radical (unpaired) electrons. The summed E-state index contributed by atoms with van der Waals surface area (Å²) in [5, 5.41) is 0. The van der Waals surface area contributed by atoms with Crippen molar-refractivity contribution in [3.8, 4) is 0 Å². The third-order valence-corrected chi connectivity index (χ3v) is 2.24. The van der Waals surface area contributed by atoms with Gasteiger partial charge in [0.25, 0.3) is 0 Å². The molecule has 0 aliphatic heterocycles. The molecular formula is C11H13F3N2O. The molecule has 6 heteroatoms. The summed E-state index contributed by atoms with van der Waals surface area (Å²) in [5.41, 5.74) is 5.00. The maximum atomic E-state index is 12.3. The Bertz CT molecular complexity index is 387. The van der Waals surface area contributed by atoms with E-state index in [1.165, 1.54) is 24.0 Å². The highest BCUT2D eigenvalue weighted by Crippen LogP contribution is 2.30. The Morgan fingerprint density at radius 1 is 1.29 bits per heavy atom. The van der Waals surface area contributed by atoms with Crippen LogP contribution in [0.3, 0.4) is 0 Å². The van der Waals surface area contributed by atoms with Gasteiger partial charge in [0.2, 0.25) is 5.91 Å². The van der Waals surface area contributed by atoms with Crippen molar-refractivity contribution in [1.82, 2.24) is 0 Å². The molecule has 17 heavy (non-hydrogen) atoms. The monoisotopic (exact) mass is 246 g/mol. The van der Waals surface area contributed by atoms with Crippen LogP contribution >= 0.6 is 0 Å². The van der Waals surface area contributed by atoms with E-state index in [-0.39, 0.29) is 19.0 Å². The Morgan fingerprint density at radius 2 is 1.82 bits per heavy atom. The van der Waals surface area contributed by atoms with E-state index in [0.717, 1.165) is 12.1 Å². The SMILES string of the molecule is CC(=O)N(CCN)c1ccc(C(F)(F)F)cc1. The van der Waals surface area contributed by atoms with Gasteiger partial charge in [0.1, 0.15) is 0 Å². The van der Waals surface area contributed by atoms with Gasteiger partial charge in [0.15, 0.2) is 0 Å². The highest BCUT2D eigenvalue weighted by molar-refractivity contribution is 5.91. The lowest BCUT2D eigenvalue weighted by Gasteiger charge is -2.20. The van der Waals surface area contributed by atoms with E-state index in [2.05, 4.69) is 0 Å². The first-order chi connectivity index (χ1) is 7.86. The number of benzene rings is 1. The summed E-state index contributed by atoms with van der Waals surface area (Å²) in [6, 6.07) is 4.42. The van der Waals surface area contributed by atoms with E-state index in [0.29, 0.717) is 5.69 Å². The van der Waals surface area contributed by atoms with Crippen molar-refractivity contribution in [2.75, 3.05) is 18.0 Å². The molecule has 0 fully saturated rings. The Kier molecular flexibility index (Phi) is 4.11. The fourth-order valence-corrected chi connectivity index (χ4v) is 1.43. The molecule has 0 aliphatic rings. The van der Waals surface area contributed by atoms with E-state index >= 15 is 0 Å². The molecule has 0 aliphatic carbocycles. The van der Waals surface area contributed by atoms with Crippen molar-refractivity contribution in [1.29, 1.82) is 0 Å². The fraction of sp³-hybridized carbons (Fsp3) is 0.364. The second-order valence-corrected chi connectivity index (χ2v) is 3.50. The zero-order valence-electron chi connectivity index (χ0n) is 9.29. The molecule has 94 valence electrons. The van der Waals surface area contributed by atoms with Crippen LogP contribution in [0, 0.1) is 0 Å². The maximum Gasteiger partial charge on any atom is 0.416 e. The number of hydrogen-bond acceptors (Lipinski definition) is 2. The molecule has 0 saturated heterocycles. The minimum Gasteiger partial charge on any atom is -0.329 e. The van der Waals surface area contributed by atoms with Crippen LogP contribution in [0.5, 0.6) is 0 Å². The third kappa shape index (κ3) is 3.45. The zero-order valence-corrected chi connectivity index (χ0v) is 9.29. The lowest BCUT2D eigenvalue weighted by Crippen LogP contribution is -2.33. The lowest BCUT2D eigenvalue weighted by atomic mass is 10.2. The van der Waals surface area contributed by atoms with Crippen LogP contribution in [0.4, 0.5) is 18.9 Å². The van der Waals surface area contributed by atoms with Crippen molar-refractivity contribution in [3.05, 3.63) is 29.8 Å². The minimum atomic E-state index is -4.37. The zero-order chi connectivity index (χ0) is 13.1. The van der Waals surface area contributed by atoms with E-state index < -0.39 is 11.7 Å². The average molecular weight is 246 g/mol. The van der Waals surface area contributed by atoms with Gasteiger partial charge in [-0.1, -0.05) is 0 Å². The van der Waals surface area contributed by atoms with Crippen LogP contribution in [0.1, 0.15) is 12.5 Å². The third-order valence-electron chi connectivity index (χ3n) is 2.24. The van der Waals surface area contributed by atoms with Gasteiger partial charge in [-0.15, -0.1) is 0 Å². The number of nitrogens with two attached hydrogens (primary N) is 1. The summed E-state index contributed by atoms with van der Waals surface area (Å²) in [4.78, 5) is 12.6. The number of carbonyl (C=O) groups is 1. The van der Waals surface area contributed by atoms with Crippen LogP contribution in [0.15, 0.2) is 24.3 Å². The summed E-state index contributed by atoms with van der Waals surface area (Å²) in [5.74, 6) is -0.254. The summed E-state index contributed by atoms with van der Waals surface area (Å²) in [6.45, 7) is 1.87. The quantitative estimate of drug-likeness (QED) is 0.886. The van der Waals surface area contributed by atoms with Crippen molar-refractivity contribution in [3.63, 3.8) is 0 Å². The summed E-state index contributed by atoms with van der Waals surface area (Å²) >= 11 is 0. The van der Waals surface area contributed by atoms with Crippen LogP contribution in [0.2, 0.25) is 0 Å². The molecule has 1 rings (SSSR count). The molecule has 1 amide bonds. The molecule has 1 aromatic carbocycles. The first-order valence-electron chi connectivity index (χ1n) is 5.01. The highest BCUT2D eigenvalue weighted by atomic mass is 19.4. The Hall–Kier alpha value is -1.56. The lowest BCUT2D eigenvalue weighted by molar-refractivity contribution is -0.137. The Balaban J connectivity index is 2.96. The average Bonchev–Trinajstić information content (AvgIpc) is 2.24. The second-order valence-electron chi connectivity index (χ2n) is 3.50. The second kappa shape index (κ2) is 5.18. The Morgan fingerprint density at radius 3 is 2.18 bits per heavy atom. The minimum absolute atomic E-state index is 0.251. The summed E-state index contributed by atoms with van der Waals surface area (Å²) < 4.78 is 37.0. The predicted molar refractivity (Wildman–Crippen MR) is 58.5 cm³/mol. The molecule has 0 atom stereocenters. The molecule has 2 N–H and O–H groups in total. The van der Waals surface area contributed by atoms with Crippen LogP contribution in [-0.4, -0.2) is 19.0 Å². The van der Waals surface area contributed by atoms with Crippen molar-refractivity contribution < 1.29 is 18.0 Å². The summed E-state index contributed by atoms with van der Waals surface area (Å²) in [6.07, 6.45) is -4.37. The highest BCUT2D eigenvalue weighted by Gasteiger charge is 2.30. The standard InChI is InChI=1S/C11H13F3N2O/c1-8(17)16(7-6-15)10-4-2-9(3-5-10)11(12,13)14/h2-5H,6-7,15H2,1H3. The van der Waals surface area contributed by atoms with Gasteiger partial charge < -0.3 is 10.6 Å². The molecule has 3 nitrogen and oxygen atoms in total. The number of nitrogens with zero attached hydrogens (tertiary/aromatic N) is 1. The first kappa shape index (κ1) is 13.5. The van der Waals surface area contributed by atoms with Crippen LogP contribution in [0.25, 0.3) is 0 Å². The number of hydrogen-bond donors (Lipinski definition) is 1. The molecule has 0 saturated carbocycles. The molecule has 0 heterocycles. The number of carbonyl (C=O) groups excluding carboxylic acids is 1. The van der Waals surface area contributed by atoms with E-state index in [9.17, 15) is 18.0 Å². The number of rotatable bonds is 3. The maximum absolute atomic E-state index is 12.3. The topological polar surface area (TPSA) is 46.3 Å².